The molecule has 1 amide bonds. The molecule has 0 heterocycles. The van der Waals surface area contributed by atoms with Crippen LogP contribution in [-0.2, 0) is 11.2 Å². The number of rotatable bonds is 9. The van der Waals surface area contributed by atoms with Crippen LogP contribution in [-0.4, -0.2) is 35.8 Å². The smallest absolute Gasteiger partial charge is 0.248 e. The number of nitrogens with two attached hydrogens (primary N) is 2. The van der Waals surface area contributed by atoms with Crippen LogP contribution in [0.1, 0.15) is 19.4 Å². The zero-order chi connectivity index (χ0) is 20.4. The van der Waals surface area contributed by atoms with Crippen molar-refractivity contribution in [3.8, 4) is 0 Å². The van der Waals surface area contributed by atoms with Gasteiger partial charge in [-0.2, -0.15) is 0 Å². The Labute approximate surface area is 158 Å². The maximum atomic E-state index is 13.4. The average molecular weight is 376 g/mol. The minimum atomic E-state index is -1.44. The predicted octanol–water partition coefficient (Wildman–Crippen LogP) is 2.68. The minimum Gasteiger partial charge on any atom is -0.327 e. The van der Waals surface area contributed by atoms with Gasteiger partial charge in [-0.05, 0) is 43.5 Å². The Hall–Kier alpha value is -2.64. The molecule has 5 N–H and O–H groups in total. The Morgan fingerprint density at radius 3 is 2.44 bits per heavy atom. The highest BCUT2D eigenvalue weighted by atomic mass is 19.1. The highest BCUT2D eigenvalue weighted by Gasteiger charge is 2.32. The summed E-state index contributed by atoms with van der Waals surface area (Å²) in [5, 5.41) is 7.57. The Morgan fingerprint density at radius 2 is 1.93 bits per heavy atom. The molecule has 146 valence electrons. The molecule has 0 aromatic heterocycles. The topological polar surface area (TPSA) is 96.2 Å². The molecule has 0 radical (unpaired) electrons. The molecule has 0 fully saturated rings. The van der Waals surface area contributed by atoms with Gasteiger partial charge in [0.25, 0.3) is 0 Å². The number of amides is 1. The summed E-state index contributed by atoms with van der Waals surface area (Å²) in [4.78, 5) is 14.0. The maximum Gasteiger partial charge on any atom is 0.248 e. The van der Waals surface area contributed by atoms with Gasteiger partial charge in [-0.25, -0.2) is 8.78 Å². The molecule has 1 aromatic carbocycles. The van der Waals surface area contributed by atoms with Crippen LogP contribution in [0.2, 0.25) is 0 Å². The fourth-order valence-electron chi connectivity index (χ4n) is 2.56. The molecule has 0 aliphatic heterocycles. The van der Waals surface area contributed by atoms with Crippen LogP contribution >= 0.6 is 0 Å². The number of halogens is 2. The molecule has 5 nitrogen and oxygen atoms in total. The third-order valence-electron chi connectivity index (χ3n) is 3.72. The standard InChI is InChI=1S/C20H26F2N4O/c1-3-6-15(7-4-5-8-23)13-26(14-24)19(27)20(2,25)12-16-9-17(21)11-18(22)10-16/h3-7,9-11,14,24H,8,12-13,23,25H2,1-2H3/b5-4+,6-3-,15-7+,24-14?/t20-/m1/s1. The predicted molar refractivity (Wildman–Crippen MR) is 104 cm³/mol. The number of nitrogens with zero attached hydrogens (tertiary/aromatic N) is 1. The summed E-state index contributed by atoms with van der Waals surface area (Å²) in [6.07, 6.45) is 9.74. The van der Waals surface area contributed by atoms with E-state index in [1.54, 1.807) is 24.3 Å². The van der Waals surface area contributed by atoms with Crippen molar-refractivity contribution in [1.29, 1.82) is 5.41 Å². The minimum absolute atomic E-state index is 0.0689. The SMILES string of the molecule is C\C=C/C(=C\C=C\CN)CN(C=N)C(=O)[C@](C)(N)Cc1cc(F)cc(F)c1. The lowest BCUT2D eigenvalue weighted by molar-refractivity contribution is -0.131. The second-order valence-corrected chi connectivity index (χ2v) is 6.34. The zero-order valence-corrected chi connectivity index (χ0v) is 15.6. The van der Waals surface area contributed by atoms with Crippen molar-refractivity contribution in [2.75, 3.05) is 13.1 Å². The van der Waals surface area contributed by atoms with E-state index in [0.29, 0.717) is 6.54 Å². The van der Waals surface area contributed by atoms with Crippen LogP contribution in [0.5, 0.6) is 0 Å². The number of carbonyl (C=O) groups is 1. The van der Waals surface area contributed by atoms with Gasteiger partial charge in [0.15, 0.2) is 0 Å². The van der Waals surface area contributed by atoms with Crippen LogP contribution in [0, 0.1) is 17.0 Å². The molecule has 7 heteroatoms. The van der Waals surface area contributed by atoms with Crippen LogP contribution in [0.15, 0.2) is 54.2 Å². The van der Waals surface area contributed by atoms with Crippen LogP contribution < -0.4 is 11.5 Å². The van der Waals surface area contributed by atoms with Crippen molar-refractivity contribution < 1.29 is 13.6 Å². The van der Waals surface area contributed by atoms with Crippen LogP contribution in [0.3, 0.4) is 0 Å². The summed E-state index contributed by atoms with van der Waals surface area (Å²) in [7, 11) is 0. The van der Waals surface area contributed by atoms with Crippen molar-refractivity contribution in [2.45, 2.75) is 25.8 Å². The summed E-state index contributed by atoms with van der Waals surface area (Å²) in [5.41, 5.74) is 11.1. The first-order valence-electron chi connectivity index (χ1n) is 8.47. The van der Waals surface area contributed by atoms with Crippen molar-refractivity contribution in [3.05, 3.63) is 71.4 Å². The molecule has 0 bridgehead atoms. The highest BCUT2D eigenvalue weighted by Crippen LogP contribution is 2.17. The quantitative estimate of drug-likeness (QED) is 0.351. The molecule has 1 rings (SSSR count). The number of hydrogen-bond donors (Lipinski definition) is 3. The summed E-state index contributed by atoms with van der Waals surface area (Å²) in [6.45, 7) is 3.83. The Morgan fingerprint density at radius 1 is 1.30 bits per heavy atom. The number of allylic oxidation sites excluding steroid dienone is 3. The van der Waals surface area contributed by atoms with Crippen LogP contribution in [0.25, 0.3) is 0 Å². The van der Waals surface area contributed by atoms with E-state index in [1.807, 2.05) is 13.0 Å². The van der Waals surface area contributed by atoms with E-state index in [9.17, 15) is 13.6 Å². The zero-order valence-electron chi connectivity index (χ0n) is 15.6. The first kappa shape index (κ1) is 22.4. The van der Waals surface area contributed by atoms with Crippen molar-refractivity contribution in [2.24, 2.45) is 11.5 Å². The Balaban J connectivity index is 3.00. The number of hydrogen-bond acceptors (Lipinski definition) is 4. The second-order valence-electron chi connectivity index (χ2n) is 6.34. The second kappa shape index (κ2) is 10.5. The van der Waals surface area contributed by atoms with E-state index >= 15 is 0 Å². The number of carbonyl (C=O) groups excluding carboxylic acids is 1. The van der Waals surface area contributed by atoms with E-state index in [-0.39, 0.29) is 18.5 Å². The van der Waals surface area contributed by atoms with Gasteiger partial charge >= 0.3 is 0 Å². The molecule has 27 heavy (non-hydrogen) atoms. The Kier molecular flexibility index (Phi) is 8.71. The van der Waals surface area contributed by atoms with Crippen molar-refractivity contribution in [1.82, 2.24) is 4.90 Å². The summed E-state index contributed by atoms with van der Waals surface area (Å²) in [5.74, 6) is -2.00. The van der Waals surface area contributed by atoms with E-state index in [4.69, 9.17) is 16.9 Å². The lowest BCUT2D eigenvalue weighted by atomic mass is 9.92. The first-order chi connectivity index (χ1) is 12.7. The van der Waals surface area contributed by atoms with E-state index in [0.717, 1.165) is 35.0 Å². The van der Waals surface area contributed by atoms with Gasteiger partial charge in [-0.15, -0.1) is 0 Å². The molecule has 0 saturated carbocycles. The number of benzene rings is 1. The lowest BCUT2D eigenvalue weighted by Gasteiger charge is -2.29. The van der Waals surface area contributed by atoms with Crippen LogP contribution in [0.4, 0.5) is 8.78 Å². The monoisotopic (exact) mass is 376 g/mol. The van der Waals surface area contributed by atoms with Gasteiger partial charge in [-0.1, -0.05) is 30.4 Å². The molecule has 0 spiro atoms. The van der Waals surface area contributed by atoms with Crippen molar-refractivity contribution >= 4 is 12.2 Å². The third-order valence-corrected chi connectivity index (χ3v) is 3.72. The molecule has 0 saturated heterocycles. The molecule has 0 aliphatic carbocycles. The van der Waals surface area contributed by atoms with Gasteiger partial charge < -0.3 is 11.5 Å². The fraction of sp³-hybridized carbons (Fsp3) is 0.300. The molecule has 0 unspecified atom stereocenters. The van der Waals surface area contributed by atoms with Crippen molar-refractivity contribution in [3.63, 3.8) is 0 Å². The first-order valence-corrected chi connectivity index (χ1v) is 8.47. The Bertz CT molecular complexity index is 734. The van der Waals surface area contributed by atoms with Gasteiger partial charge in [-0.3, -0.25) is 15.1 Å². The molecular weight excluding hydrogens is 350 g/mol. The van der Waals surface area contributed by atoms with E-state index in [2.05, 4.69) is 0 Å². The maximum absolute atomic E-state index is 13.4. The van der Waals surface area contributed by atoms with Gasteiger partial charge in [0.05, 0.1) is 18.4 Å². The average Bonchev–Trinajstić information content (AvgIpc) is 2.57. The van der Waals surface area contributed by atoms with Gasteiger partial charge in [0.1, 0.15) is 11.6 Å². The summed E-state index contributed by atoms with van der Waals surface area (Å²) in [6, 6.07) is 3.03. The van der Waals surface area contributed by atoms with Gasteiger partial charge in [0.2, 0.25) is 5.91 Å². The molecule has 0 aliphatic rings. The van der Waals surface area contributed by atoms with Gasteiger partial charge in [0, 0.05) is 12.6 Å². The van der Waals surface area contributed by atoms with E-state index < -0.39 is 23.1 Å². The van der Waals surface area contributed by atoms with E-state index in [1.165, 1.54) is 6.92 Å². The third kappa shape index (κ3) is 7.24. The lowest BCUT2D eigenvalue weighted by Crippen LogP contribution is -2.54. The highest BCUT2D eigenvalue weighted by molar-refractivity contribution is 5.94. The molecule has 1 aromatic rings. The number of nitrogens with one attached hydrogen (secondary N) is 1. The normalized spacial score (nSPS) is 14.5. The largest absolute Gasteiger partial charge is 0.327 e. The fourth-order valence-corrected chi connectivity index (χ4v) is 2.56. The molecular formula is C20H26F2N4O. The molecule has 1 atom stereocenters. The summed E-state index contributed by atoms with van der Waals surface area (Å²) < 4.78 is 26.8. The summed E-state index contributed by atoms with van der Waals surface area (Å²) >= 11 is 0.